The van der Waals surface area contributed by atoms with Crippen LogP contribution in [-0.2, 0) is 0 Å². The Morgan fingerprint density at radius 3 is 2.62 bits per heavy atom. The number of rotatable bonds is 2. The SMILES string of the molecule is Cc1ccc(-c2nc(N3CC(C)NC(C)C3)n[nH]2)cc1Cl. The zero-order valence-corrected chi connectivity index (χ0v) is 13.3. The van der Waals surface area contributed by atoms with Gasteiger partial charge in [-0.2, -0.15) is 4.98 Å². The van der Waals surface area contributed by atoms with E-state index in [4.69, 9.17) is 11.6 Å². The van der Waals surface area contributed by atoms with Gasteiger partial charge >= 0.3 is 0 Å². The maximum absolute atomic E-state index is 6.18. The summed E-state index contributed by atoms with van der Waals surface area (Å²) >= 11 is 6.18. The van der Waals surface area contributed by atoms with Crippen LogP contribution >= 0.6 is 11.6 Å². The lowest BCUT2D eigenvalue weighted by atomic mass is 10.1. The normalized spacial score (nSPS) is 22.6. The molecule has 3 rings (SSSR count). The van der Waals surface area contributed by atoms with E-state index >= 15 is 0 Å². The molecule has 0 radical (unpaired) electrons. The number of halogens is 1. The van der Waals surface area contributed by atoms with Crippen molar-refractivity contribution in [3.63, 3.8) is 0 Å². The standard InChI is InChI=1S/C15H20ClN5/c1-9-4-5-12(6-13(9)16)14-18-15(20-19-14)21-7-10(2)17-11(3)8-21/h4-6,10-11,17H,7-8H2,1-3H3,(H,18,19,20). The van der Waals surface area contributed by atoms with Crippen molar-refractivity contribution in [3.8, 4) is 11.4 Å². The van der Waals surface area contributed by atoms with Gasteiger partial charge in [0.15, 0.2) is 5.82 Å². The molecular weight excluding hydrogens is 286 g/mol. The maximum Gasteiger partial charge on any atom is 0.245 e. The van der Waals surface area contributed by atoms with Gasteiger partial charge in [0, 0.05) is 35.8 Å². The van der Waals surface area contributed by atoms with Crippen molar-refractivity contribution >= 4 is 17.5 Å². The van der Waals surface area contributed by atoms with Gasteiger partial charge in [0.05, 0.1) is 0 Å². The second kappa shape index (κ2) is 5.66. The Bertz CT molecular complexity index is 629. The van der Waals surface area contributed by atoms with Crippen molar-refractivity contribution in [2.24, 2.45) is 0 Å². The number of aromatic nitrogens is 3. The van der Waals surface area contributed by atoms with E-state index in [-0.39, 0.29) is 0 Å². The quantitative estimate of drug-likeness (QED) is 0.895. The molecule has 2 heterocycles. The topological polar surface area (TPSA) is 56.8 Å². The molecule has 1 aliphatic heterocycles. The number of hydrogen-bond donors (Lipinski definition) is 2. The molecule has 2 unspecified atom stereocenters. The summed E-state index contributed by atoms with van der Waals surface area (Å²) in [5.74, 6) is 1.51. The zero-order valence-electron chi connectivity index (χ0n) is 12.5. The Labute approximate surface area is 129 Å². The van der Waals surface area contributed by atoms with Crippen molar-refractivity contribution in [1.82, 2.24) is 20.5 Å². The Morgan fingerprint density at radius 1 is 1.24 bits per heavy atom. The molecular formula is C15H20ClN5. The van der Waals surface area contributed by atoms with Crippen LogP contribution in [0.25, 0.3) is 11.4 Å². The van der Waals surface area contributed by atoms with E-state index in [1.807, 2.05) is 25.1 Å². The zero-order chi connectivity index (χ0) is 15.0. The molecule has 5 nitrogen and oxygen atoms in total. The predicted octanol–water partition coefficient (Wildman–Crippen LogP) is 2.62. The molecule has 0 amide bonds. The Hall–Kier alpha value is -1.59. The third-order valence-corrected chi connectivity index (χ3v) is 4.17. The number of hydrogen-bond acceptors (Lipinski definition) is 4. The summed E-state index contributed by atoms with van der Waals surface area (Å²) in [5.41, 5.74) is 2.02. The number of H-pyrrole nitrogens is 1. The van der Waals surface area contributed by atoms with Gasteiger partial charge in [-0.05, 0) is 32.4 Å². The number of benzene rings is 1. The third-order valence-electron chi connectivity index (χ3n) is 3.76. The number of nitrogens with one attached hydrogen (secondary N) is 2. The van der Waals surface area contributed by atoms with E-state index in [2.05, 4.69) is 39.2 Å². The maximum atomic E-state index is 6.18. The molecule has 0 bridgehead atoms. The van der Waals surface area contributed by atoms with Crippen LogP contribution in [0.4, 0.5) is 5.95 Å². The van der Waals surface area contributed by atoms with Crippen molar-refractivity contribution in [2.45, 2.75) is 32.9 Å². The van der Waals surface area contributed by atoms with Gasteiger partial charge in [-0.3, -0.25) is 5.10 Å². The summed E-state index contributed by atoms with van der Waals surface area (Å²) in [6.45, 7) is 8.17. The molecule has 2 atom stereocenters. The van der Waals surface area contributed by atoms with Crippen LogP contribution in [0.3, 0.4) is 0 Å². The van der Waals surface area contributed by atoms with Crippen molar-refractivity contribution < 1.29 is 0 Å². The number of aromatic amines is 1. The summed E-state index contributed by atoms with van der Waals surface area (Å²) in [5, 5.41) is 11.6. The highest BCUT2D eigenvalue weighted by atomic mass is 35.5. The minimum absolute atomic E-state index is 0.435. The van der Waals surface area contributed by atoms with Crippen LogP contribution in [0.5, 0.6) is 0 Å². The number of anilines is 1. The second-order valence-electron chi connectivity index (χ2n) is 5.82. The highest BCUT2D eigenvalue weighted by Gasteiger charge is 2.23. The monoisotopic (exact) mass is 305 g/mol. The van der Waals surface area contributed by atoms with E-state index in [1.54, 1.807) is 0 Å². The summed E-state index contributed by atoms with van der Waals surface area (Å²) < 4.78 is 0. The lowest BCUT2D eigenvalue weighted by Gasteiger charge is -2.35. The largest absolute Gasteiger partial charge is 0.336 e. The van der Waals surface area contributed by atoms with Crippen LogP contribution in [0.2, 0.25) is 5.02 Å². The molecule has 0 aliphatic carbocycles. The summed E-state index contributed by atoms with van der Waals surface area (Å²) in [6, 6.07) is 6.79. The van der Waals surface area contributed by atoms with Crippen LogP contribution in [0.15, 0.2) is 18.2 Å². The minimum Gasteiger partial charge on any atom is -0.336 e. The van der Waals surface area contributed by atoms with E-state index in [0.29, 0.717) is 12.1 Å². The molecule has 0 spiro atoms. The van der Waals surface area contributed by atoms with Gasteiger partial charge in [-0.1, -0.05) is 23.7 Å². The molecule has 1 aromatic heterocycles. The van der Waals surface area contributed by atoms with Crippen LogP contribution in [0, 0.1) is 6.92 Å². The number of piperazine rings is 1. The Kier molecular flexibility index (Phi) is 3.87. The molecule has 2 N–H and O–H groups in total. The molecule has 1 aliphatic rings. The molecule has 21 heavy (non-hydrogen) atoms. The highest BCUT2D eigenvalue weighted by molar-refractivity contribution is 6.31. The van der Waals surface area contributed by atoms with Crippen molar-refractivity contribution in [1.29, 1.82) is 0 Å². The number of aryl methyl sites for hydroxylation is 1. The first-order valence-corrected chi connectivity index (χ1v) is 7.60. The van der Waals surface area contributed by atoms with Gasteiger partial charge < -0.3 is 10.2 Å². The Balaban J connectivity index is 1.84. The smallest absolute Gasteiger partial charge is 0.245 e. The molecule has 2 aromatic rings. The van der Waals surface area contributed by atoms with E-state index in [1.165, 1.54) is 0 Å². The molecule has 6 heteroatoms. The lowest BCUT2D eigenvalue weighted by Crippen LogP contribution is -2.54. The fraction of sp³-hybridized carbons (Fsp3) is 0.467. The molecule has 112 valence electrons. The van der Waals surface area contributed by atoms with Crippen LogP contribution < -0.4 is 10.2 Å². The minimum atomic E-state index is 0.435. The average molecular weight is 306 g/mol. The summed E-state index contributed by atoms with van der Waals surface area (Å²) in [6.07, 6.45) is 0. The third kappa shape index (κ3) is 3.04. The van der Waals surface area contributed by atoms with Gasteiger partial charge in [-0.25, -0.2) is 0 Å². The highest BCUT2D eigenvalue weighted by Crippen LogP contribution is 2.24. The van der Waals surface area contributed by atoms with E-state index < -0.39 is 0 Å². The summed E-state index contributed by atoms with van der Waals surface area (Å²) in [4.78, 5) is 6.83. The second-order valence-corrected chi connectivity index (χ2v) is 6.23. The molecule has 0 saturated carbocycles. The van der Waals surface area contributed by atoms with E-state index in [9.17, 15) is 0 Å². The summed E-state index contributed by atoms with van der Waals surface area (Å²) in [7, 11) is 0. The lowest BCUT2D eigenvalue weighted by molar-refractivity contribution is 0.403. The first-order chi connectivity index (χ1) is 10.0. The fourth-order valence-corrected chi connectivity index (χ4v) is 2.93. The molecule has 1 fully saturated rings. The van der Waals surface area contributed by atoms with Gasteiger partial charge in [-0.15, -0.1) is 5.10 Å². The van der Waals surface area contributed by atoms with Crippen molar-refractivity contribution in [3.05, 3.63) is 28.8 Å². The van der Waals surface area contributed by atoms with Gasteiger partial charge in [0.1, 0.15) is 0 Å². The first kappa shape index (κ1) is 14.4. The fourth-order valence-electron chi connectivity index (χ4n) is 2.75. The van der Waals surface area contributed by atoms with Crippen LogP contribution in [0.1, 0.15) is 19.4 Å². The first-order valence-electron chi connectivity index (χ1n) is 7.23. The van der Waals surface area contributed by atoms with Crippen molar-refractivity contribution in [2.75, 3.05) is 18.0 Å². The average Bonchev–Trinajstić information content (AvgIpc) is 2.90. The van der Waals surface area contributed by atoms with Gasteiger partial charge in [0.2, 0.25) is 5.95 Å². The predicted molar refractivity (Wildman–Crippen MR) is 85.8 cm³/mol. The molecule has 1 saturated heterocycles. The number of nitrogens with zero attached hydrogens (tertiary/aromatic N) is 3. The van der Waals surface area contributed by atoms with Gasteiger partial charge in [0.25, 0.3) is 0 Å². The Morgan fingerprint density at radius 2 is 1.95 bits per heavy atom. The molecule has 1 aromatic carbocycles. The van der Waals surface area contributed by atoms with Crippen LogP contribution in [-0.4, -0.2) is 40.4 Å². The van der Waals surface area contributed by atoms with E-state index in [0.717, 1.165) is 41.0 Å².